The first kappa shape index (κ1) is 18.1. The van der Waals surface area contributed by atoms with Gasteiger partial charge in [-0.15, -0.1) is 11.3 Å². The van der Waals surface area contributed by atoms with Gasteiger partial charge < -0.3 is 14.6 Å². The van der Waals surface area contributed by atoms with Crippen LogP contribution in [0.3, 0.4) is 0 Å². The summed E-state index contributed by atoms with van der Waals surface area (Å²) >= 11 is 0.748. The molecule has 0 atom stereocenters. The fourth-order valence-electron chi connectivity index (χ4n) is 1.63. The third-order valence-corrected chi connectivity index (χ3v) is 6.13. The van der Waals surface area contributed by atoms with Crippen molar-refractivity contribution in [2.75, 3.05) is 40.5 Å². The summed E-state index contributed by atoms with van der Waals surface area (Å²) in [5.74, 6) is -1.13. The molecule has 9 heteroatoms. The first-order valence-corrected chi connectivity index (χ1v) is 8.50. The van der Waals surface area contributed by atoms with Gasteiger partial charge in [-0.05, 0) is 18.6 Å². The van der Waals surface area contributed by atoms with E-state index in [0.717, 1.165) is 11.3 Å². The summed E-state index contributed by atoms with van der Waals surface area (Å²) in [5, 5.41) is 8.88. The largest absolute Gasteiger partial charge is 0.477 e. The molecule has 0 saturated heterocycles. The molecule has 0 aromatic carbocycles. The zero-order valence-corrected chi connectivity index (χ0v) is 13.6. The molecule has 0 amide bonds. The molecule has 21 heavy (non-hydrogen) atoms. The number of nitrogens with zero attached hydrogens (tertiary/aromatic N) is 1. The molecule has 0 spiro atoms. The monoisotopic (exact) mass is 337 g/mol. The number of methoxy groups -OCH3 is 2. The van der Waals surface area contributed by atoms with E-state index in [9.17, 15) is 13.2 Å². The predicted octanol–water partition coefficient (Wildman–Crippen LogP) is 1.12. The van der Waals surface area contributed by atoms with Gasteiger partial charge in [0.05, 0.1) is 6.61 Å². The molecule has 0 fully saturated rings. The number of thiophene rings is 1. The van der Waals surface area contributed by atoms with Crippen molar-refractivity contribution in [2.24, 2.45) is 0 Å². The number of ether oxygens (including phenoxy) is 2. The average Bonchev–Trinajstić information content (AvgIpc) is 2.93. The highest BCUT2D eigenvalue weighted by Gasteiger charge is 2.26. The van der Waals surface area contributed by atoms with Crippen LogP contribution in [0.4, 0.5) is 0 Å². The minimum atomic E-state index is -3.71. The van der Waals surface area contributed by atoms with Crippen molar-refractivity contribution in [1.82, 2.24) is 4.31 Å². The number of hydrogen-bond acceptors (Lipinski definition) is 6. The Balaban J connectivity index is 2.92. The van der Waals surface area contributed by atoms with Crippen LogP contribution in [0.2, 0.25) is 0 Å². The van der Waals surface area contributed by atoms with E-state index in [2.05, 4.69) is 0 Å². The van der Waals surface area contributed by atoms with Crippen molar-refractivity contribution in [2.45, 2.75) is 10.6 Å². The number of hydrogen-bond donors (Lipinski definition) is 1. The highest BCUT2D eigenvalue weighted by Crippen LogP contribution is 2.25. The van der Waals surface area contributed by atoms with E-state index in [1.54, 1.807) is 7.11 Å². The molecule has 1 aromatic rings. The van der Waals surface area contributed by atoms with E-state index in [1.165, 1.54) is 23.5 Å². The normalized spacial score (nSPS) is 12.0. The third kappa shape index (κ3) is 5.04. The molecule has 0 aliphatic heterocycles. The Hall–Kier alpha value is -1.00. The molecule has 120 valence electrons. The van der Waals surface area contributed by atoms with E-state index < -0.39 is 16.0 Å². The van der Waals surface area contributed by atoms with Gasteiger partial charge in [0.25, 0.3) is 10.0 Å². The van der Waals surface area contributed by atoms with Gasteiger partial charge in [0, 0.05) is 33.9 Å². The Morgan fingerprint density at radius 3 is 2.43 bits per heavy atom. The molecule has 0 unspecified atom stereocenters. The fraction of sp³-hybridized carbons (Fsp3) is 0.583. The number of aromatic carboxylic acids is 1. The standard InChI is InChI=1S/C12H19NO6S2/c1-18-8-3-6-13(7-9-19-2)21(16,17)11-5-4-10(20-11)12(14)15/h4-5H,3,6-9H2,1-2H3,(H,14,15). The smallest absolute Gasteiger partial charge is 0.345 e. The van der Waals surface area contributed by atoms with Gasteiger partial charge >= 0.3 is 5.97 Å². The number of carboxylic acids is 1. The molecule has 0 aliphatic carbocycles. The summed E-state index contributed by atoms with van der Waals surface area (Å²) < 4.78 is 36.2. The highest BCUT2D eigenvalue weighted by molar-refractivity contribution is 7.91. The van der Waals surface area contributed by atoms with E-state index >= 15 is 0 Å². The van der Waals surface area contributed by atoms with Crippen LogP contribution in [0.25, 0.3) is 0 Å². The minimum absolute atomic E-state index is 0.00263. The van der Waals surface area contributed by atoms with Gasteiger partial charge in [0.2, 0.25) is 0 Å². The van der Waals surface area contributed by atoms with Crippen LogP contribution in [0.15, 0.2) is 16.3 Å². The van der Waals surface area contributed by atoms with Crippen LogP contribution in [-0.4, -0.2) is 64.3 Å². The van der Waals surface area contributed by atoms with Crippen molar-refractivity contribution < 1.29 is 27.8 Å². The van der Waals surface area contributed by atoms with Crippen LogP contribution in [0.5, 0.6) is 0 Å². The lowest BCUT2D eigenvalue weighted by Crippen LogP contribution is -2.34. The maximum absolute atomic E-state index is 12.5. The minimum Gasteiger partial charge on any atom is -0.477 e. The van der Waals surface area contributed by atoms with E-state index in [4.69, 9.17) is 14.6 Å². The number of sulfonamides is 1. The van der Waals surface area contributed by atoms with E-state index in [1.807, 2.05) is 0 Å². The van der Waals surface area contributed by atoms with Crippen molar-refractivity contribution in [1.29, 1.82) is 0 Å². The van der Waals surface area contributed by atoms with Crippen molar-refractivity contribution in [3.63, 3.8) is 0 Å². The van der Waals surface area contributed by atoms with Gasteiger partial charge in [0.1, 0.15) is 9.09 Å². The molecule has 1 rings (SSSR count). The van der Waals surface area contributed by atoms with Crippen LogP contribution in [0.1, 0.15) is 16.1 Å². The lowest BCUT2D eigenvalue weighted by molar-refractivity contribution is 0.0702. The molecular weight excluding hydrogens is 318 g/mol. The molecule has 0 bridgehead atoms. The number of carboxylic acid groups (broad SMARTS) is 1. The van der Waals surface area contributed by atoms with Gasteiger partial charge in [-0.25, -0.2) is 13.2 Å². The van der Waals surface area contributed by atoms with Crippen LogP contribution < -0.4 is 0 Å². The molecule has 1 aromatic heterocycles. The zero-order chi connectivity index (χ0) is 15.9. The van der Waals surface area contributed by atoms with E-state index in [0.29, 0.717) is 19.6 Å². The number of carbonyl (C=O) groups is 1. The average molecular weight is 337 g/mol. The van der Waals surface area contributed by atoms with Gasteiger partial charge in [-0.1, -0.05) is 0 Å². The zero-order valence-electron chi connectivity index (χ0n) is 11.9. The molecule has 1 heterocycles. The lowest BCUT2D eigenvalue weighted by Gasteiger charge is -2.20. The van der Waals surface area contributed by atoms with Gasteiger partial charge in [0.15, 0.2) is 0 Å². The summed E-state index contributed by atoms with van der Waals surface area (Å²) in [6.07, 6.45) is 0.552. The fourth-order valence-corrected chi connectivity index (χ4v) is 4.39. The first-order valence-electron chi connectivity index (χ1n) is 6.24. The summed E-state index contributed by atoms with van der Waals surface area (Å²) in [5.41, 5.74) is 0. The Labute approximate surface area is 128 Å². The van der Waals surface area contributed by atoms with Crippen LogP contribution >= 0.6 is 11.3 Å². The Kier molecular flexibility index (Phi) is 7.26. The highest BCUT2D eigenvalue weighted by atomic mass is 32.2. The molecule has 0 saturated carbocycles. The third-order valence-electron chi connectivity index (χ3n) is 2.69. The molecular formula is C12H19NO6S2. The topological polar surface area (TPSA) is 93.1 Å². The molecule has 7 nitrogen and oxygen atoms in total. The van der Waals surface area contributed by atoms with E-state index in [-0.39, 0.29) is 22.2 Å². The Morgan fingerprint density at radius 2 is 1.90 bits per heavy atom. The second-order valence-corrected chi connectivity index (χ2v) is 7.42. The summed E-state index contributed by atoms with van der Waals surface area (Å²) in [4.78, 5) is 10.9. The molecule has 1 N–H and O–H groups in total. The quantitative estimate of drug-likeness (QED) is 0.643. The second kappa shape index (κ2) is 8.44. The molecule has 0 radical (unpaired) electrons. The maximum Gasteiger partial charge on any atom is 0.345 e. The predicted molar refractivity (Wildman–Crippen MR) is 78.4 cm³/mol. The summed E-state index contributed by atoms with van der Waals surface area (Å²) in [7, 11) is -0.672. The van der Waals surface area contributed by atoms with Gasteiger partial charge in [-0.3, -0.25) is 0 Å². The summed E-state index contributed by atoms with van der Waals surface area (Å²) in [6, 6.07) is 2.61. The maximum atomic E-state index is 12.5. The first-order chi connectivity index (χ1) is 9.93. The SMILES string of the molecule is COCCCN(CCOC)S(=O)(=O)c1ccc(C(=O)O)s1. The Bertz CT molecular complexity index is 554. The summed E-state index contributed by atoms with van der Waals surface area (Å²) in [6.45, 7) is 1.22. The second-order valence-electron chi connectivity index (χ2n) is 4.17. The van der Waals surface area contributed by atoms with Crippen molar-refractivity contribution in [3.8, 4) is 0 Å². The Morgan fingerprint density at radius 1 is 1.24 bits per heavy atom. The molecule has 0 aliphatic rings. The van der Waals surface area contributed by atoms with Gasteiger partial charge in [-0.2, -0.15) is 4.31 Å². The van der Waals surface area contributed by atoms with Crippen LogP contribution in [-0.2, 0) is 19.5 Å². The lowest BCUT2D eigenvalue weighted by atomic mass is 10.4. The van der Waals surface area contributed by atoms with Crippen LogP contribution in [0, 0.1) is 0 Å². The number of rotatable bonds is 10. The van der Waals surface area contributed by atoms with Crippen molar-refractivity contribution >= 4 is 27.3 Å². The van der Waals surface area contributed by atoms with Crippen molar-refractivity contribution in [3.05, 3.63) is 17.0 Å².